The summed E-state index contributed by atoms with van der Waals surface area (Å²) in [4.78, 5) is 11.1. The smallest absolute Gasteiger partial charge is 0.426 e. The van der Waals surface area contributed by atoms with Crippen LogP contribution >= 0.6 is 0 Å². The Labute approximate surface area is 163 Å². The SMILES string of the molecule is C=CC(=O)Oc1ccc(OC(F)(F)c2ccc(OCCCC(F)(F)F)cc2)cc1. The molecule has 0 aromatic heterocycles. The van der Waals surface area contributed by atoms with Crippen molar-refractivity contribution >= 4 is 5.97 Å². The van der Waals surface area contributed by atoms with E-state index in [2.05, 4.69) is 6.58 Å². The van der Waals surface area contributed by atoms with Gasteiger partial charge in [-0.3, -0.25) is 0 Å². The maximum absolute atomic E-state index is 14.3. The maximum Gasteiger partial charge on any atom is 0.426 e. The Hall–Kier alpha value is -3.10. The third-order valence-corrected chi connectivity index (χ3v) is 3.52. The van der Waals surface area contributed by atoms with E-state index in [1.54, 1.807) is 0 Å². The van der Waals surface area contributed by atoms with Crippen LogP contribution in [0.25, 0.3) is 0 Å². The maximum atomic E-state index is 14.3. The van der Waals surface area contributed by atoms with Crippen molar-refractivity contribution in [2.45, 2.75) is 25.1 Å². The number of hydrogen-bond donors (Lipinski definition) is 0. The van der Waals surface area contributed by atoms with Crippen molar-refractivity contribution in [2.75, 3.05) is 6.61 Å². The van der Waals surface area contributed by atoms with Gasteiger partial charge in [0.15, 0.2) is 0 Å². The fraction of sp³-hybridized carbons (Fsp3) is 0.250. The second-order valence-electron chi connectivity index (χ2n) is 5.81. The Bertz CT molecular complexity index is 814. The average molecular weight is 416 g/mol. The highest BCUT2D eigenvalue weighted by molar-refractivity contribution is 5.83. The summed E-state index contributed by atoms with van der Waals surface area (Å²) in [6.07, 6.45) is -8.19. The van der Waals surface area contributed by atoms with E-state index in [9.17, 15) is 26.7 Å². The van der Waals surface area contributed by atoms with Crippen LogP contribution in [0.5, 0.6) is 17.2 Å². The van der Waals surface area contributed by atoms with Crippen LogP contribution in [0.1, 0.15) is 18.4 Å². The van der Waals surface area contributed by atoms with Gasteiger partial charge in [-0.25, -0.2) is 4.79 Å². The van der Waals surface area contributed by atoms with Gasteiger partial charge in [0.2, 0.25) is 0 Å². The minimum atomic E-state index is -4.27. The molecule has 0 heterocycles. The van der Waals surface area contributed by atoms with Crippen molar-refractivity contribution < 1.29 is 41.0 Å². The lowest BCUT2D eigenvalue weighted by Gasteiger charge is -2.19. The molecule has 0 unspecified atom stereocenters. The minimum absolute atomic E-state index is 0.137. The van der Waals surface area contributed by atoms with Gasteiger partial charge in [-0.2, -0.15) is 22.0 Å². The van der Waals surface area contributed by atoms with Crippen molar-refractivity contribution in [3.8, 4) is 17.2 Å². The van der Waals surface area contributed by atoms with Gasteiger partial charge in [0, 0.05) is 12.5 Å². The highest BCUT2D eigenvalue weighted by Crippen LogP contribution is 2.33. The van der Waals surface area contributed by atoms with Gasteiger partial charge in [-0.05, 0) is 55.0 Å². The van der Waals surface area contributed by atoms with E-state index in [1.165, 1.54) is 36.4 Å². The van der Waals surface area contributed by atoms with Crippen molar-refractivity contribution in [1.29, 1.82) is 0 Å². The first-order chi connectivity index (χ1) is 13.6. The molecule has 156 valence electrons. The van der Waals surface area contributed by atoms with Crippen LogP contribution in [-0.4, -0.2) is 18.8 Å². The lowest BCUT2D eigenvalue weighted by atomic mass is 10.2. The van der Waals surface area contributed by atoms with Crippen molar-refractivity contribution in [3.05, 3.63) is 66.7 Å². The van der Waals surface area contributed by atoms with E-state index in [4.69, 9.17) is 14.2 Å². The van der Waals surface area contributed by atoms with Crippen LogP contribution in [0, 0.1) is 0 Å². The van der Waals surface area contributed by atoms with Gasteiger partial charge < -0.3 is 14.2 Å². The van der Waals surface area contributed by atoms with E-state index in [0.717, 1.165) is 18.2 Å². The largest absolute Gasteiger partial charge is 0.494 e. The normalized spacial score (nSPS) is 11.6. The van der Waals surface area contributed by atoms with Crippen LogP contribution in [0.2, 0.25) is 0 Å². The fourth-order valence-electron chi connectivity index (χ4n) is 2.15. The number of rotatable bonds is 9. The molecule has 2 rings (SSSR count). The number of benzene rings is 2. The molecule has 0 aliphatic heterocycles. The second-order valence-corrected chi connectivity index (χ2v) is 5.81. The molecule has 29 heavy (non-hydrogen) atoms. The zero-order valence-corrected chi connectivity index (χ0v) is 15.0. The molecule has 4 nitrogen and oxygen atoms in total. The Morgan fingerprint density at radius 3 is 2.00 bits per heavy atom. The molecule has 0 saturated heterocycles. The first kappa shape index (κ1) is 22.2. The highest BCUT2D eigenvalue weighted by Gasteiger charge is 2.34. The van der Waals surface area contributed by atoms with Crippen LogP contribution in [0.15, 0.2) is 61.2 Å². The Morgan fingerprint density at radius 2 is 1.45 bits per heavy atom. The van der Waals surface area contributed by atoms with E-state index in [-0.39, 0.29) is 30.3 Å². The molecule has 0 N–H and O–H groups in total. The molecule has 0 aliphatic rings. The van der Waals surface area contributed by atoms with Gasteiger partial charge in [0.05, 0.1) is 12.2 Å². The number of alkyl halides is 5. The monoisotopic (exact) mass is 416 g/mol. The molecular weight excluding hydrogens is 399 g/mol. The molecule has 0 fully saturated rings. The predicted molar refractivity (Wildman–Crippen MR) is 94.0 cm³/mol. The summed E-state index contributed by atoms with van der Waals surface area (Å²) < 4.78 is 79.4. The molecule has 9 heteroatoms. The molecule has 0 bridgehead atoms. The van der Waals surface area contributed by atoms with Gasteiger partial charge in [0.25, 0.3) is 0 Å². The van der Waals surface area contributed by atoms with E-state index in [1.807, 2.05) is 0 Å². The molecule has 0 saturated carbocycles. The molecule has 0 radical (unpaired) electrons. The van der Waals surface area contributed by atoms with Crippen LogP contribution in [0.4, 0.5) is 22.0 Å². The summed E-state index contributed by atoms with van der Waals surface area (Å²) in [5.74, 6) is -0.553. The molecule has 2 aromatic carbocycles. The Balaban J connectivity index is 1.93. The van der Waals surface area contributed by atoms with Gasteiger partial charge in [0.1, 0.15) is 17.2 Å². The second kappa shape index (κ2) is 9.40. The van der Waals surface area contributed by atoms with Crippen molar-refractivity contribution in [2.24, 2.45) is 0 Å². The first-order valence-corrected chi connectivity index (χ1v) is 8.40. The summed E-state index contributed by atoms with van der Waals surface area (Å²) >= 11 is 0. The van der Waals surface area contributed by atoms with Crippen LogP contribution < -0.4 is 14.2 Å². The lowest BCUT2D eigenvalue weighted by Crippen LogP contribution is -2.21. The lowest BCUT2D eigenvalue weighted by molar-refractivity contribution is -0.185. The summed E-state index contributed by atoms with van der Waals surface area (Å²) in [7, 11) is 0. The number of hydrogen-bond acceptors (Lipinski definition) is 4. The van der Waals surface area contributed by atoms with E-state index >= 15 is 0 Å². The zero-order chi connectivity index (χ0) is 21.5. The standard InChI is InChI=1S/C20H17F5O4/c1-2-18(26)28-16-8-10-17(11-9-16)29-20(24,25)14-4-6-15(7-5-14)27-13-3-12-19(21,22)23/h2,4-11H,1,3,12-13H2. The molecule has 0 spiro atoms. The topological polar surface area (TPSA) is 44.8 Å². The fourth-order valence-corrected chi connectivity index (χ4v) is 2.15. The van der Waals surface area contributed by atoms with Crippen molar-refractivity contribution in [1.82, 2.24) is 0 Å². The molecule has 0 aliphatic carbocycles. The number of ether oxygens (including phenoxy) is 3. The average Bonchev–Trinajstić information content (AvgIpc) is 2.66. The van der Waals surface area contributed by atoms with E-state index < -0.39 is 30.2 Å². The Morgan fingerprint density at radius 1 is 0.897 bits per heavy atom. The quantitative estimate of drug-likeness (QED) is 0.175. The minimum Gasteiger partial charge on any atom is -0.494 e. The van der Waals surface area contributed by atoms with Gasteiger partial charge in [-0.15, -0.1) is 0 Å². The molecular formula is C20H17F5O4. The first-order valence-electron chi connectivity index (χ1n) is 8.40. The Kier molecular flexibility index (Phi) is 7.19. The summed E-state index contributed by atoms with van der Waals surface area (Å²) in [5.41, 5.74) is -0.470. The number of halogens is 5. The zero-order valence-electron chi connectivity index (χ0n) is 15.0. The predicted octanol–water partition coefficient (Wildman–Crippen LogP) is 5.63. The summed E-state index contributed by atoms with van der Waals surface area (Å²) in [5, 5.41) is 0. The highest BCUT2D eigenvalue weighted by atomic mass is 19.4. The van der Waals surface area contributed by atoms with E-state index in [0.29, 0.717) is 0 Å². The molecule has 0 amide bonds. The summed E-state index contributed by atoms with van der Waals surface area (Å²) in [6, 6.07) is 9.53. The van der Waals surface area contributed by atoms with Crippen LogP contribution in [-0.2, 0) is 10.9 Å². The number of carbonyl (C=O) groups excluding carboxylic acids is 1. The summed E-state index contributed by atoms with van der Waals surface area (Å²) in [6.45, 7) is 3.05. The van der Waals surface area contributed by atoms with Crippen molar-refractivity contribution in [3.63, 3.8) is 0 Å². The molecule has 2 aromatic rings. The number of esters is 1. The molecule has 0 atom stereocenters. The third-order valence-electron chi connectivity index (χ3n) is 3.52. The van der Waals surface area contributed by atoms with Crippen LogP contribution in [0.3, 0.4) is 0 Å². The number of carbonyl (C=O) groups is 1. The third kappa shape index (κ3) is 7.44. The van der Waals surface area contributed by atoms with Gasteiger partial charge in [-0.1, -0.05) is 6.58 Å². The van der Waals surface area contributed by atoms with Gasteiger partial charge >= 0.3 is 18.3 Å².